The van der Waals surface area contributed by atoms with Crippen molar-refractivity contribution in [3.8, 4) is 0 Å². The van der Waals surface area contributed by atoms with Crippen LogP contribution in [0.4, 0.5) is 5.69 Å². The van der Waals surface area contributed by atoms with Crippen LogP contribution < -0.4 is 10.9 Å². The fourth-order valence-corrected chi connectivity index (χ4v) is 2.16. The van der Waals surface area contributed by atoms with Crippen LogP contribution in [0, 0.1) is 6.92 Å². The molecule has 2 rings (SSSR count). The van der Waals surface area contributed by atoms with Gasteiger partial charge in [-0.25, -0.2) is 4.68 Å². The van der Waals surface area contributed by atoms with Gasteiger partial charge in [-0.3, -0.25) is 4.79 Å². The molecular weight excluding hydrogens is 274 g/mol. The highest BCUT2D eigenvalue weighted by atomic mass is 35.5. The zero-order chi connectivity index (χ0) is 14.7. The van der Waals surface area contributed by atoms with E-state index in [-0.39, 0.29) is 16.6 Å². The molecule has 0 atom stereocenters. The lowest BCUT2D eigenvalue weighted by Gasteiger charge is -2.12. The van der Waals surface area contributed by atoms with E-state index < -0.39 is 0 Å². The first-order chi connectivity index (χ1) is 9.49. The summed E-state index contributed by atoms with van der Waals surface area (Å²) in [5.41, 5.74) is 2.63. The van der Waals surface area contributed by atoms with Gasteiger partial charge in [0.05, 0.1) is 17.9 Å². The Bertz CT molecular complexity index is 664. The van der Waals surface area contributed by atoms with Crippen LogP contribution in [0.3, 0.4) is 0 Å². The van der Waals surface area contributed by atoms with Crippen molar-refractivity contribution in [2.45, 2.75) is 33.4 Å². The van der Waals surface area contributed by atoms with E-state index >= 15 is 0 Å². The minimum absolute atomic E-state index is 0.00850. The van der Waals surface area contributed by atoms with Gasteiger partial charge in [0.1, 0.15) is 5.02 Å². The zero-order valence-corrected chi connectivity index (χ0v) is 12.6. The molecule has 0 bridgehead atoms. The van der Waals surface area contributed by atoms with Gasteiger partial charge in [-0.2, -0.15) is 5.10 Å². The van der Waals surface area contributed by atoms with Gasteiger partial charge in [0, 0.05) is 6.54 Å². The minimum Gasteiger partial charge on any atom is -0.378 e. The molecule has 106 valence electrons. The highest BCUT2D eigenvalue weighted by Crippen LogP contribution is 2.17. The molecule has 20 heavy (non-hydrogen) atoms. The van der Waals surface area contributed by atoms with Crippen LogP contribution in [0.1, 0.15) is 31.0 Å². The maximum atomic E-state index is 12.0. The Morgan fingerprint density at radius 3 is 2.80 bits per heavy atom. The molecule has 1 heterocycles. The monoisotopic (exact) mass is 291 g/mol. The summed E-state index contributed by atoms with van der Waals surface area (Å²) in [7, 11) is 0. The third kappa shape index (κ3) is 3.20. The molecule has 0 radical (unpaired) electrons. The average molecular weight is 292 g/mol. The number of benzene rings is 1. The second kappa shape index (κ2) is 6.09. The van der Waals surface area contributed by atoms with Crippen LogP contribution in [0.2, 0.25) is 5.02 Å². The lowest BCUT2D eigenvalue weighted by molar-refractivity contribution is 0.503. The summed E-state index contributed by atoms with van der Waals surface area (Å²) in [6.45, 7) is 6.44. The van der Waals surface area contributed by atoms with E-state index in [0.29, 0.717) is 12.2 Å². The highest BCUT2D eigenvalue weighted by Gasteiger charge is 2.10. The Balaban J connectivity index is 2.19. The number of anilines is 1. The fourth-order valence-electron chi connectivity index (χ4n) is 1.96. The molecule has 0 unspecified atom stereocenters. The number of aromatic nitrogens is 2. The molecule has 4 nitrogen and oxygen atoms in total. The molecule has 0 saturated heterocycles. The van der Waals surface area contributed by atoms with Crippen molar-refractivity contribution in [1.29, 1.82) is 0 Å². The van der Waals surface area contributed by atoms with E-state index in [1.165, 1.54) is 10.2 Å². The normalized spacial score (nSPS) is 10.8. The van der Waals surface area contributed by atoms with Gasteiger partial charge in [0.15, 0.2) is 0 Å². The van der Waals surface area contributed by atoms with Crippen LogP contribution in [0.5, 0.6) is 0 Å². The van der Waals surface area contributed by atoms with Crippen LogP contribution >= 0.6 is 11.6 Å². The first-order valence-electron chi connectivity index (χ1n) is 6.55. The van der Waals surface area contributed by atoms with Gasteiger partial charge < -0.3 is 5.32 Å². The number of halogens is 1. The van der Waals surface area contributed by atoms with E-state index in [0.717, 1.165) is 5.56 Å². The van der Waals surface area contributed by atoms with Crippen molar-refractivity contribution in [2.75, 3.05) is 5.32 Å². The molecule has 2 aromatic rings. The van der Waals surface area contributed by atoms with Gasteiger partial charge >= 0.3 is 0 Å². The molecule has 0 spiro atoms. The van der Waals surface area contributed by atoms with Gasteiger partial charge in [0.25, 0.3) is 5.56 Å². The topological polar surface area (TPSA) is 46.9 Å². The predicted octanol–water partition coefficient (Wildman–Crippen LogP) is 3.40. The fraction of sp³-hybridized carbons (Fsp3) is 0.333. The molecule has 0 amide bonds. The zero-order valence-electron chi connectivity index (χ0n) is 11.9. The maximum absolute atomic E-state index is 12.0. The van der Waals surface area contributed by atoms with Gasteiger partial charge in [-0.1, -0.05) is 41.4 Å². The second-order valence-corrected chi connectivity index (χ2v) is 5.44. The highest BCUT2D eigenvalue weighted by molar-refractivity contribution is 6.32. The third-order valence-corrected chi connectivity index (χ3v) is 3.36. The Labute approximate surface area is 123 Å². The Morgan fingerprint density at radius 2 is 2.15 bits per heavy atom. The molecule has 1 N–H and O–H groups in total. The molecule has 0 saturated carbocycles. The summed E-state index contributed by atoms with van der Waals surface area (Å²) in [4.78, 5) is 12.0. The average Bonchev–Trinajstić information content (AvgIpc) is 2.40. The number of hydrogen-bond acceptors (Lipinski definition) is 3. The van der Waals surface area contributed by atoms with Gasteiger partial charge in [-0.15, -0.1) is 0 Å². The third-order valence-electron chi connectivity index (χ3n) is 3.00. The molecule has 0 aliphatic heterocycles. The second-order valence-electron chi connectivity index (χ2n) is 5.06. The number of hydrogen-bond donors (Lipinski definition) is 1. The predicted molar refractivity (Wildman–Crippen MR) is 82.4 cm³/mol. The summed E-state index contributed by atoms with van der Waals surface area (Å²) in [5, 5.41) is 7.46. The first-order valence-corrected chi connectivity index (χ1v) is 6.93. The van der Waals surface area contributed by atoms with Crippen molar-refractivity contribution in [2.24, 2.45) is 0 Å². The van der Waals surface area contributed by atoms with Crippen LogP contribution in [0.15, 0.2) is 35.3 Å². The first kappa shape index (κ1) is 14.6. The van der Waals surface area contributed by atoms with E-state index in [1.54, 1.807) is 6.20 Å². The molecule has 0 aliphatic carbocycles. The summed E-state index contributed by atoms with van der Waals surface area (Å²) in [6.07, 6.45) is 1.60. The Morgan fingerprint density at radius 1 is 1.40 bits per heavy atom. The lowest BCUT2D eigenvalue weighted by atomic mass is 10.1. The van der Waals surface area contributed by atoms with Gasteiger partial charge in [-0.05, 0) is 26.3 Å². The molecule has 1 aromatic heterocycles. The van der Waals surface area contributed by atoms with Crippen LogP contribution in [0.25, 0.3) is 0 Å². The van der Waals surface area contributed by atoms with Crippen molar-refractivity contribution >= 4 is 17.3 Å². The SMILES string of the molecule is Cc1cccc(CNc2cnn(C(C)C)c(=O)c2Cl)c1. The number of nitrogens with one attached hydrogen (secondary N) is 1. The summed E-state index contributed by atoms with van der Waals surface area (Å²) >= 11 is 6.10. The number of rotatable bonds is 4. The van der Waals surface area contributed by atoms with Crippen molar-refractivity contribution < 1.29 is 0 Å². The quantitative estimate of drug-likeness (QED) is 0.939. The Hall–Kier alpha value is -1.81. The Kier molecular flexibility index (Phi) is 4.45. The van der Waals surface area contributed by atoms with E-state index in [2.05, 4.69) is 16.5 Å². The molecular formula is C15H18ClN3O. The molecule has 0 fully saturated rings. The van der Waals surface area contributed by atoms with E-state index in [4.69, 9.17) is 11.6 Å². The van der Waals surface area contributed by atoms with Crippen LogP contribution in [-0.2, 0) is 6.54 Å². The minimum atomic E-state index is -0.268. The summed E-state index contributed by atoms with van der Waals surface area (Å²) in [6, 6.07) is 8.15. The summed E-state index contributed by atoms with van der Waals surface area (Å²) in [5.74, 6) is 0. The van der Waals surface area contributed by atoms with Gasteiger partial charge in [0.2, 0.25) is 0 Å². The molecule has 5 heteroatoms. The van der Waals surface area contributed by atoms with E-state index in [9.17, 15) is 4.79 Å². The molecule has 1 aromatic carbocycles. The maximum Gasteiger partial charge on any atom is 0.287 e. The van der Waals surface area contributed by atoms with Crippen molar-refractivity contribution in [1.82, 2.24) is 9.78 Å². The smallest absolute Gasteiger partial charge is 0.287 e. The van der Waals surface area contributed by atoms with Crippen molar-refractivity contribution in [3.63, 3.8) is 0 Å². The van der Waals surface area contributed by atoms with Crippen molar-refractivity contribution in [3.05, 3.63) is 57.0 Å². The summed E-state index contributed by atoms with van der Waals surface area (Å²) < 4.78 is 1.38. The van der Waals surface area contributed by atoms with Crippen LogP contribution in [-0.4, -0.2) is 9.78 Å². The number of aryl methyl sites for hydroxylation is 1. The number of nitrogens with zero attached hydrogens (tertiary/aromatic N) is 2. The van der Waals surface area contributed by atoms with E-state index in [1.807, 2.05) is 39.0 Å². The molecule has 0 aliphatic rings. The largest absolute Gasteiger partial charge is 0.378 e. The standard InChI is InChI=1S/C15H18ClN3O/c1-10(2)19-15(20)14(16)13(9-18-19)17-8-12-6-4-5-11(3)7-12/h4-7,9-10,17H,8H2,1-3H3. The lowest BCUT2D eigenvalue weighted by Crippen LogP contribution is -2.25.